The molecule has 9 nitrogen and oxygen atoms in total. The molecular weight excluding hydrogens is 453 g/mol. The van der Waals surface area contributed by atoms with Crippen LogP contribution in [0.1, 0.15) is 0 Å². The Morgan fingerprint density at radius 2 is 1.84 bits per heavy atom. The molecule has 1 atom stereocenters. The van der Waals surface area contributed by atoms with Gasteiger partial charge in [0, 0.05) is 30.7 Å². The SMILES string of the molecule is NC(=O)C1CN(c2ncnc3ccccc23)CCN1CC(=O)Nc1c(Cl)cc(N)cc1Cl. The van der Waals surface area contributed by atoms with Crippen molar-refractivity contribution in [1.82, 2.24) is 14.9 Å². The van der Waals surface area contributed by atoms with Gasteiger partial charge >= 0.3 is 0 Å². The van der Waals surface area contributed by atoms with Crippen molar-refractivity contribution >= 4 is 63.1 Å². The molecule has 0 aliphatic carbocycles. The van der Waals surface area contributed by atoms with Crippen molar-refractivity contribution in [2.45, 2.75) is 6.04 Å². The Bertz CT molecular complexity index is 1160. The molecule has 11 heteroatoms. The van der Waals surface area contributed by atoms with Gasteiger partial charge in [0.1, 0.15) is 18.2 Å². The number of aromatic nitrogens is 2. The summed E-state index contributed by atoms with van der Waals surface area (Å²) in [6.07, 6.45) is 1.50. The molecular formula is C21H21Cl2N7O2. The van der Waals surface area contributed by atoms with Gasteiger partial charge in [-0.2, -0.15) is 0 Å². The lowest BCUT2D eigenvalue weighted by Gasteiger charge is -2.40. The largest absolute Gasteiger partial charge is 0.399 e. The number of hydrogen-bond donors (Lipinski definition) is 3. The van der Waals surface area contributed by atoms with E-state index in [1.807, 2.05) is 29.2 Å². The summed E-state index contributed by atoms with van der Waals surface area (Å²) in [6.45, 7) is 1.24. The summed E-state index contributed by atoms with van der Waals surface area (Å²) < 4.78 is 0. The van der Waals surface area contributed by atoms with Crippen molar-refractivity contribution < 1.29 is 9.59 Å². The Morgan fingerprint density at radius 1 is 1.12 bits per heavy atom. The second-order valence-corrected chi connectivity index (χ2v) is 8.27. The molecule has 2 aromatic carbocycles. The molecule has 1 fully saturated rings. The van der Waals surface area contributed by atoms with Gasteiger partial charge in [-0.05, 0) is 24.3 Å². The molecule has 0 saturated carbocycles. The zero-order chi connectivity index (χ0) is 22.8. The van der Waals surface area contributed by atoms with E-state index in [0.29, 0.717) is 25.3 Å². The average molecular weight is 474 g/mol. The van der Waals surface area contributed by atoms with Gasteiger partial charge in [-0.15, -0.1) is 0 Å². The second kappa shape index (κ2) is 9.15. The molecule has 2 heterocycles. The highest BCUT2D eigenvalue weighted by molar-refractivity contribution is 6.40. The van der Waals surface area contributed by atoms with Crippen LogP contribution >= 0.6 is 23.2 Å². The fraction of sp³-hybridized carbons (Fsp3) is 0.238. The van der Waals surface area contributed by atoms with E-state index in [1.54, 1.807) is 4.90 Å². The van der Waals surface area contributed by atoms with Crippen LogP contribution in [0.2, 0.25) is 10.0 Å². The third kappa shape index (κ3) is 4.55. The fourth-order valence-corrected chi connectivity index (χ4v) is 4.39. The maximum absolute atomic E-state index is 12.7. The number of rotatable bonds is 5. The van der Waals surface area contributed by atoms with E-state index < -0.39 is 11.9 Å². The van der Waals surface area contributed by atoms with Gasteiger partial charge in [0.2, 0.25) is 11.8 Å². The van der Waals surface area contributed by atoms with Gasteiger partial charge < -0.3 is 21.7 Å². The number of amides is 2. The average Bonchev–Trinajstić information content (AvgIpc) is 2.76. The third-order valence-electron chi connectivity index (χ3n) is 5.32. The van der Waals surface area contributed by atoms with E-state index in [0.717, 1.165) is 16.7 Å². The first-order valence-electron chi connectivity index (χ1n) is 9.86. The van der Waals surface area contributed by atoms with Crippen LogP contribution in [0.25, 0.3) is 10.9 Å². The van der Waals surface area contributed by atoms with E-state index in [4.69, 9.17) is 34.7 Å². The molecule has 0 spiro atoms. The number of nitrogen functional groups attached to an aromatic ring is 1. The van der Waals surface area contributed by atoms with E-state index in [-0.39, 0.29) is 28.2 Å². The summed E-state index contributed by atoms with van der Waals surface area (Å²) in [5, 5.41) is 4.04. The number of benzene rings is 2. The molecule has 3 aromatic rings. The smallest absolute Gasteiger partial charge is 0.238 e. The summed E-state index contributed by atoms with van der Waals surface area (Å²) in [5.74, 6) is -0.165. The van der Waals surface area contributed by atoms with Crippen molar-refractivity contribution in [2.24, 2.45) is 5.73 Å². The van der Waals surface area contributed by atoms with Crippen LogP contribution in [-0.4, -0.2) is 58.9 Å². The zero-order valence-electron chi connectivity index (χ0n) is 17.0. The Kier molecular flexibility index (Phi) is 6.31. The van der Waals surface area contributed by atoms with Crippen molar-refractivity contribution in [3.63, 3.8) is 0 Å². The Hall–Kier alpha value is -3.14. The normalized spacial score (nSPS) is 16.8. The molecule has 1 unspecified atom stereocenters. The van der Waals surface area contributed by atoms with Crippen LogP contribution < -0.4 is 21.7 Å². The molecule has 5 N–H and O–H groups in total. The minimum Gasteiger partial charge on any atom is -0.399 e. The van der Waals surface area contributed by atoms with Crippen molar-refractivity contribution in [1.29, 1.82) is 0 Å². The first-order valence-corrected chi connectivity index (χ1v) is 10.6. The lowest BCUT2D eigenvalue weighted by molar-refractivity contribution is -0.125. The molecule has 1 aliphatic heterocycles. The van der Waals surface area contributed by atoms with Gasteiger partial charge in [-0.1, -0.05) is 35.3 Å². The Labute approximate surface area is 194 Å². The van der Waals surface area contributed by atoms with E-state index in [1.165, 1.54) is 18.5 Å². The standard InChI is InChI=1S/C21H21Cl2N7O2/c22-14-7-12(24)8-15(23)19(14)28-18(31)10-29-5-6-30(9-17(29)20(25)32)21-13-3-1-2-4-16(13)26-11-27-21/h1-4,7-8,11,17H,5-6,9-10,24H2,(H2,25,32)(H,28,31). The van der Waals surface area contributed by atoms with Gasteiger partial charge in [0.15, 0.2) is 0 Å². The minimum atomic E-state index is -0.680. The van der Waals surface area contributed by atoms with E-state index in [2.05, 4.69) is 15.3 Å². The third-order valence-corrected chi connectivity index (χ3v) is 5.91. The molecule has 0 radical (unpaired) electrons. The molecule has 4 rings (SSSR count). The Balaban J connectivity index is 1.49. The number of nitrogens with one attached hydrogen (secondary N) is 1. The quantitative estimate of drug-likeness (QED) is 0.483. The summed E-state index contributed by atoms with van der Waals surface area (Å²) in [4.78, 5) is 37.3. The summed E-state index contributed by atoms with van der Waals surface area (Å²) >= 11 is 12.3. The van der Waals surface area contributed by atoms with Crippen molar-refractivity contribution in [3.8, 4) is 0 Å². The van der Waals surface area contributed by atoms with Crippen LogP contribution in [0.4, 0.5) is 17.2 Å². The maximum Gasteiger partial charge on any atom is 0.238 e. The molecule has 0 bridgehead atoms. The van der Waals surface area contributed by atoms with E-state index in [9.17, 15) is 9.59 Å². The predicted octanol–water partition coefficient (Wildman–Crippen LogP) is 2.13. The first-order chi connectivity index (χ1) is 15.3. The first kappa shape index (κ1) is 22.1. The van der Waals surface area contributed by atoms with E-state index >= 15 is 0 Å². The van der Waals surface area contributed by atoms with Gasteiger partial charge in [-0.25, -0.2) is 9.97 Å². The molecule has 1 aliphatic rings. The molecule has 32 heavy (non-hydrogen) atoms. The maximum atomic E-state index is 12.7. The van der Waals surface area contributed by atoms with Crippen LogP contribution in [0.5, 0.6) is 0 Å². The Morgan fingerprint density at radius 3 is 2.56 bits per heavy atom. The molecule has 166 valence electrons. The number of nitrogens with two attached hydrogens (primary N) is 2. The number of nitrogens with zero attached hydrogens (tertiary/aromatic N) is 4. The summed E-state index contributed by atoms with van der Waals surface area (Å²) in [5.41, 5.74) is 12.9. The van der Waals surface area contributed by atoms with Crippen LogP contribution in [-0.2, 0) is 9.59 Å². The number of carbonyl (C=O) groups is 2. The number of piperazine rings is 1. The molecule has 1 aromatic heterocycles. The van der Waals surface area contributed by atoms with Crippen LogP contribution in [0.3, 0.4) is 0 Å². The lowest BCUT2D eigenvalue weighted by Crippen LogP contribution is -2.59. The molecule has 2 amide bonds. The van der Waals surface area contributed by atoms with Gasteiger partial charge in [0.25, 0.3) is 0 Å². The number of para-hydroxylation sites is 1. The van der Waals surface area contributed by atoms with Crippen molar-refractivity contribution in [2.75, 3.05) is 42.1 Å². The predicted molar refractivity (Wildman–Crippen MR) is 126 cm³/mol. The molecule has 1 saturated heterocycles. The number of halogens is 2. The lowest BCUT2D eigenvalue weighted by atomic mass is 10.1. The van der Waals surface area contributed by atoms with Crippen LogP contribution in [0.15, 0.2) is 42.7 Å². The van der Waals surface area contributed by atoms with Crippen LogP contribution in [0, 0.1) is 0 Å². The second-order valence-electron chi connectivity index (χ2n) is 7.46. The number of hydrogen-bond acceptors (Lipinski definition) is 7. The van der Waals surface area contributed by atoms with Gasteiger partial charge in [0.05, 0.1) is 27.8 Å². The zero-order valence-corrected chi connectivity index (χ0v) is 18.5. The summed E-state index contributed by atoms with van der Waals surface area (Å²) in [7, 11) is 0. The highest BCUT2D eigenvalue weighted by Crippen LogP contribution is 2.33. The summed E-state index contributed by atoms with van der Waals surface area (Å²) in [6, 6.07) is 9.97. The fourth-order valence-electron chi connectivity index (χ4n) is 3.79. The monoisotopic (exact) mass is 473 g/mol. The van der Waals surface area contributed by atoms with Gasteiger partial charge in [-0.3, -0.25) is 14.5 Å². The van der Waals surface area contributed by atoms with Crippen molar-refractivity contribution in [3.05, 3.63) is 52.8 Å². The number of anilines is 3. The minimum absolute atomic E-state index is 0.0526. The highest BCUT2D eigenvalue weighted by Gasteiger charge is 2.33. The number of primary amides is 1. The topological polar surface area (TPSA) is 130 Å². The number of carbonyl (C=O) groups excluding carboxylic acids is 2. The highest BCUT2D eigenvalue weighted by atomic mass is 35.5. The number of fused-ring (bicyclic) bond motifs is 1.